The highest BCUT2D eigenvalue weighted by molar-refractivity contribution is 6.33. The third kappa shape index (κ3) is 5.36. The minimum atomic E-state index is -0.627. The van der Waals surface area contributed by atoms with Crippen LogP contribution in [0.3, 0.4) is 0 Å². The molecular formula is C19H26ClNO4. The largest absolute Gasteiger partial charge is 0.460 e. The van der Waals surface area contributed by atoms with Gasteiger partial charge in [-0.2, -0.15) is 0 Å². The van der Waals surface area contributed by atoms with Gasteiger partial charge in [-0.15, -0.1) is 0 Å². The first-order valence-corrected chi connectivity index (χ1v) is 9.07. The molecule has 0 bridgehead atoms. The number of carbonyl (C=O) groups is 2. The van der Waals surface area contributed by atoms with E-state index < -0.39 is 18.5 Å². The minimum Gasteiger partial charge on any atom is -0.460 e. The zero-order valence-corrected chi connectivity index (χ0v) is 15.7. The van der Waals surface area contributed by atoms with Gasteiger partial charge in [-0.1, -0.05) is 38.8 Å². The third-order valence-electron chi connectivity index (χ3n) is 4.80. The maximum atomic E-state index is 12.1. The summed E-state index contributed by atoms with van der Waals surface area (Å²) in [5.41, 5.74) is 6.20. The molecule has 1 aromatic carbocycles. The van der Waals surface area contributed by atoms with Crippen molar-refractivity contribution < 1.29 is 19.1 Å². The van der Waals surface area contributed by atoms with Crippen molar-refractivity contribution in [2.45, 2.75) is 46.1 Å². The maximum absolute atomic E-state index is 12.1. The van der Waals surface area contributed by atoms with E-state index in [1.54, 1.807) is 0 Å². The van der Waals surface area contributed by atoms with Crippen LogP contribution in [-0.4, -0.2) is 24.6 Å². The van der Waals surface area contributed by atoms with Crippen LogP contribution in [0.4, 0.5) is 5.69 Å². The first kappa shape index (κ1) is 19.6. The molecule has 1 saturated carbocycles. The first-order valence-electron chi connectivity index (χ1n) is 8.69. The summed E-state index contributed by atoms with van der Waals surface area (Å²) in [5.74, 6) is 0.196. The van der Waals surface area contributed by atoms with Gasteiger partial charge >= 0.3 is 11.9 Å². The van der Waals surface area contributed by atoms with Crippen LogP contribution in [0.2, 0.25) is 5.02 Å². The van der Waals surface area contributed by atoms with Crippen molar-refractivity contribution in [1.82, 2.24) is 0 Å². The van der Waals surface area contributed by atoms with Crippen LogP contribution in [0.1, 0.15) is 50.4 Å². The molecule has 1 fully saturated rings. The zero-order valence-electron chi connectivity index (χ0n) is 15.0. The van der Waals surface area contributed by atoms with Gasteiger partial charge in [0.15, 0.2) is 6.61 Å². The van der Waals surface area contributed by atoms with E-state index in [9.17, 15) is 9.59 Å². The molecule has 1 aromatic rings. The van der Waals surface area contributed by atoms with Crippen LogP contribution < -0.4 is 5.73 Å². The Kier molecular flexibility index (Phi) is 6.71. The summed E-state index contributed by atoms with van der Waals surface area (Å²) in [6.45, 7) is 6.05. The average Bonchev–Trinajstić information content (AvgIpc) is 2.55. The zero-order chi connectivity index (χ0) is 18.6. The van der Waals surface area contributed by atoms with E-state index in [4.69, 9.17) is 26.8 Å². The second-order valence-corrected chi connectivity index (χ2v) is 7.57. The fourth-order valence-corrected chi connectivity index (χ4v) is 3.45. The Morgan fingerprint density at radius 2 is 2.04 bits per heavy atom. The van der Waals surface area contributed by atoms with Gasteiger partial charge in [0.1, 0.15) is 6.10 Å². The summed E-state index contributed by atoms with van der Waals surface area (Å²) in [4.78, 5) is 24.1. The first-order chi connectivity index (χ1) is 11.8. The number of esters is 2. The third-order valence-corrected chi connectivity index (χ3v) is 5.14. The number of ether oxygens (including phenoxy) is 2. The van der Waals surface area contributed by atoms with Crippen LogP contribution in [0.25, 0.3) is 0 Å². The molecule has 0 heterocycles. The van der Waals surface area contributed by atoms with Crippen LogP contribution >= 0.6 is 11.6 Å². The highest BCUT2D eigenvalue weighted by atomic mass is 35.5. The van der Waals surface area contributed by atoms with Gasteiger partial charge in [-0.3, -0.25) is 0 Å². The molecule has 25 heavy (non-hydrogen) atoms. The molecule has 0 aliphatic heterocycles. The SMILES string of the molecule is CC1CCC(C(C)C)C(OC(=O)COC(=O)c2ccc(Cl)c(N)c2)C1. The van der Waals surface area contributed by atoms with Crippen LogP contribution in [0.15, 0.2) is 18.2 Å². The van der Waals surface area contributed by atoms with Crippen LogP contribution in [0.5, 0.6) is 0 Å². The molecule has 6 heteroatoms. The van der Waals surface area contributed by atoms with E-state index in [0.717, 1.165) is 19.3 Å². The predicted octanol–water partition coefficient (Wildman–Crippen LogP) is 4.08. The summed E-state index contributed by atoms with van der Waals surface area (Å²) in [5, 5.41) is 0.363. The second-order valence-electron chi connectivity index (χ2n) is 7.17. The molecule has 0 amide bonds. The highest BCUT2D eigenvalue weighted by Gasteiger charge is 2.33. The Hall–Kier alpha value is -1.75. The van der Waals surface area contributed by atoms with Gasteiger partial charge in [-0.05, 0) is 48.8 Å². The summed E-state index contributed by atoms with van der Waals surface area (Å²) in [6, 6.07) is 4.44. The standard InChI is InChI=1S/C19H26ClNO4/c1-11(2)14-6-4-12(3)8-17(14)25-18(22)10-24-19(23)13-5-7-15(20)16(21)9-13/h5,7,9,11-12,14,17H,4,6,8,10,21H2,1-3H3. The fourth-order valence-electron chi connectivity index (χ4n) is 3.33. The Bertz CT molecular complexity index is 632. The van der Waals surface area contributed by atoms with E-state index in [-0.39, 0.29) is 17.4 Å². The van der Waals surface area contributed by atoms with E-state index in [1.807, 2.05) is 0 Å². The van der Waals surface area contributed by atoms with Crippen molar-refractivity contribution in [3.8, 4) is 0 Å². The molecule has 3 atom stereocenters. The smallest absolute Gasteiger partial charge is 0.344 e. The lowest BCUT2D eigenvalue weighted by Gasteiger charge is -2.36. The van der Waals surface area contributed by atoms with E-state index in [0.29, 0.717) is 22.8 Å². The molecule has 3 unspecified atom stereocenters. The highest BCUT2D eigenvalue weighted by Crippen LogP contribution is 2.35. The molecule has 0 radical (unpaired) electrons. The van der Waals surface area contributed by atoms with Crippen molar-refractivity contribution in [3.05, 3.63) is 28.8 Å². The number of halogens is 1. The van der Waals surface area contributed by atoms with E-state index >= 15 is 0 Å². The number of hydrogen-bond donors (Lipinski definition) is 1. The summed E-state index contributed by atoms with van der Waals surface area (Å²) < 4.78 is 10.6. The number of benzene rings is 1. The topological polar surface area (TPSA) is 78.6 Å². The van der Waals surface area contributed by atoms with Gasteiger partial charge in [0.05, 0.1) is 16.3 Å². The lowest BCUT2D eigenvalue weighted by Crippen LogP contribution is -2.36. The van der Waals surface area contributed by atoms with Gasteiger partial charge in [0, 0.05) is 0 Å². The number of hydrogen-bond acceptors (Lipinski definition) is 5. The Morgan fingerprint density at radius 1 is 1.32 bits per heavy atom. The summed E-state index contributed by atoms with van der Waals surface area (Å²) >= 11 is 5.82. The lowest BCUT2D eigenvalue weighted by molar-refractivity contribution is -0.159. The van der Waals surface area contributed by atoms with Crippen molar-refractivity contribution in [1.29, 1.82) is 0 Å². The average molecular weight is 368 g/mol. The van der Waals surface area contributed by atoms with Gasteiger partial charge in [0.2, 0.25) is 0 Å². The maximum Gasteiger partial charge on any atom is 0.344 e. The van der Waals surface area contributed by atoms with E-state index in [2.05, 4.69) is 20.8 Å². The minimum absolute atomic E-state index is 0.110. The molecule has 2 N–H and O–H groups in total. The lowest BCUT2D eigenvalue weighted by atomic mass is 9.75. The second kappa shape index (κ2) is 8.56. The van der Waals surface area contributed by atoms with Gasteiger partial charge in [0.25, 0.3) is 0 Å². The number of nitrogen functional groups attached to an aromatic ring is 1. The molecule has 1 aliphatic carbocycles. The number of nitrogens with two attached hydrogens (primary N) is 1. The number of anilines is 1. The van der Waals surface area contributed by atoms with Crippen molar-refractivity contribution in [2.24, 2.45) is 17.8 Å². The molecule has 2 rings (SSSR count). The molecule has 1 aliphatic rings. The van der Waals surface area contributed by atoms with Gasteiger partial charge < -0.3 is 15.2 Å². The Labute approximate surface area is 153 Å². The molecule has 0 saturated heterocycles. The number of rotatable bonds is 5. The quantitative estimate of drug-likeness (QED) is 0.626. The Balaban J connectivity index is 1.88. The van der Waals surface area contributed by atoms with Gasteiger partial charge in [-0.25, -0.2) is 9.59 Å². The van der Waals surface area contributed by atoms with Crippen LogP contribution in [0, 0.1) is 17.8 Å². The summed E-state index contributed by atoms with van der Waals surface area (Å²) in [6.07, 6.45) is 2.96. The molecular weight excluding hydrogens is 342 g/mol. The van der Waals surface area contributed by atoms with Crippen LogP contribution in [-0.2, 0) is 14.3 Å². The Morgan fingerprint density at radius 3 is 2.68 bits per heavy atom. The molecule has 138 valence electrons. The van der Waals surface area contributed by atoms with Crippen molar-refractivity contribution in [3.63, 3.8) is 0 Å². The molecule has 0 aromatic heterocycles. The normalized spacial score (nSPS) is 23.3. The molecule has 0 spiro atoms. The monoisotopic (exact) mass is 367 g/mol. The number of carbonyl (C=O) groups excluding carboxylic acids is 2. The van der Waals surface area contributed by atoms with Crippen molar-refractivity contribution >= 4 is 29.2 Å². The molecule has 5 nitrogen and oxygen atoms in total. The fraction of sp³-hybridized carbons (Fsp3) is 0.579. The van der Waals surface area contributed by atoms with Crippen molar-refractivity contribution in [2.75, 3.05) is 12.3 Å². The predicted molar refractivity (Wildman–Crippen MR) is 97.4 cm³/mol. The summed E-state index contributed by atoms with van der Waals surface area (Å²) in [7, 11) is 0. The van der Waals surface area contributed by atoms with E-state index in [1.165, 1.54) is 18.2 Å².